The summed E-state index contributed by atoms with van der Waals surface area (Å²) >= 11 is 0. The summed E-state index contributed by atoms with van der Waals surface area (Å²) in [5.74, 6) is 0. The molecule has 1 aliphatic carbocycles. The zero-order valence-electron chi connectivity index (χ0n) is 10.8. The Morgan fingerprint density at radius 1 is 1.44 bits per heavy atom. The van der Waals surface area contributed by atoms with Crippen LogP contribution in [-0.2, 0) is 16.6 Å². The van der Waals surface area contributed by atoms with E-state index in [9.17, 15) is 8.42 Å². The van der Waals surface area contributed by atoms with Gasteiger partial charge in [0.15, 0.2) is 0 Å². The molecular formula is C11H20N4O2S. The zero-order valence-corrected chi connectivity index (χ0v) is 11.6. The SMILES string of the molecule is CCNCc1n[nH]c(C)c1S(=O)(=O)NC1CCC1. The molecule has 0 atom stereocenters. The summed E-state index contributed by atoms with van der Waals surface area (Å²) in [4.78, 5) is 0.301. The van der Waals surface area contributed by atoms with Gasteiger partial charge in [-0.25, -0.2) is 13.1 Å². The number of aryl methyl sites for hydroxylation is 1. The van der Waals surface area contributed by atoms with E-state index < -0.39 is 10.0 Å². The minimum atomic E-state index is -3.45. The Morgan fingerprint density at radius 3 is 2.72 bits per heavy atom. The zero-order chi connectivity index (χ0) is 13.2. The molecule has 1 aromatic rings. The lowest BCUT2D eigenvalue weighted by Crippen LogP contribution is -2.40. The van der Waals surface area contributed by atoms with Gasteiger partial charge in [0, 0.05) is 12.6 Å². The van der Waals surface area contributed by atoms with Crippen molar-refractivity contribution in [3.05, 3.63) is 11.4 Å². The van der Waals surface area contributed by atoms with E-state index in [0.29, 0.717) is 22.8 Å². The highest BCUT2D eigenvalue weighted by Gasteiger charge is 2.29. The first-order chi connectivity index (χ1) is 8.54. The number of aromatic amines is 1. The summed E-state index contributed by atoms with van der Waals surface area (Å²) < 4.78 is 27.3. The second kappa shape index (κ2) is 5.38. The van der Waals surface area contributed by atoms with Crippen molar-refractivity contribution >= 4 is 10.0 Å². The van der Waals surface area contributed by atoms with Crippen molar-refractivity contribution in [2.75, 3.05) is 6.54 Å². The minimum Gasteiger partial charge on any atom is -0.311 e. The Morgan fingerprint density at radius 2 is 2.17 bits per heavy atom. The third-order valence-electron chi connectivity index (χ3n) is 3.20. The number of H-pyrrole nitrogens is 1. The quantitative estimate of drug-likeness (QED) is 0.710. The maximum Gasteiger partial charge on any atom is 0.244 e. The highest BCUT2D eigenvalue weighted by Crippen LogP contribution is 2.23. The van der Waals surface area contributed by atoms with Crippen LogP contribution in [0, 0.1) is 6.92 Å². The van der Waals surface area contributed by atoms with E-state index >= 15 is 0 Å². The van der Waals surface area contributed by atoms with Crippen molar-refractivity contribution in [1.82, 2.24) is 20.2 Å². The minimum absolute atomic E-state index is 0.0938. The fraction of sp³-hybridized carbons (Fsp3) is 0.727. The van der Waals surface area contributed by atoms with Gasteiger partial charge in [-0.1, -0.05) is 13.3 Å². The molecule has 6 nitrogen and oxygen atoms in total. The Kier molecular flexibility index (Phi) is 4.04. The lowest BCUT2D eigenvalue weighted by molar-refractivity contribution is 0.383. The molecule has 3 N–H and O–H groups in total. The van der Waals surface area contributed by atoms with E-state index in [4.69, 9.17) is 0 Å². The molecule has 18 heavy (non-hydrogen) atoms. The molecule has 1 aliphatic rings. The molecule has 0 radical (unpaired) electrons. The third kappa shape index (κ3) is 2.73. The molecule has 0 spiro atoms. The molecular weight excluding hydrogens is 252 g/mol. The number of sulfonamides is 1. The molecule has 1 aromatic heterocycles. The molecule has 102 valence electrons. The lowest BCUT2D eigenvalue weighted by Gasteiger charge is -2.26. The number of hydrogen-bond donors (Lipinski definition) is 3. The first kappa shape index (κ1) is 13.5. The van der Waals surface area contributed by atoms with E-state index in [1.807, 2.05) is 6.92 Å². The van der Waals surface area contributed by atoms with Crippen LogP contribution in [0.2, 0.25) is 0 Å². The summed E-state index contributed by atoms with van der Waals surface area (Å²) in [5.41, 5.74) is 1.15. The van der Waals surface area contributed by atoms with E-state index in [2.05, 4.69) is 20.2 Å². The summed E-state index contributed by atoms with van der Waals surface area (Å²) in [6, 6.07) is 0.0938. The van der Waals surface area contributed by atoms with Gasteiger partial charge in [-0.2, -0.15) is 5.10 Å². The van der Waals surface area contributed by atoms with Gasteiger partial charge in [0.2, 0.25) is 10.0 Å². The van der Waals surface area contributed by atoms with Gasteiger partial charge in [0.25, 0.3) is 0 Å². The fourth-order valence-corrected chi connectivity index (χ4v) is 3.66. The Bertz CT molecular complexity index is 505. The largest absolute Gasteiger partial charge is 0.311 e. The molecule has 0 bridgehead atoms. The van der Waals surface area contributed by atoms with Crippen LogP contribution in [0.4, 0.5) is 0 Å². The van der Waals surface area contributed by atoms with Crippen molar-refractivity contribution in [3.63, 3.8) is 0 Å². The number of nitrogens with one attached hydrogen (secondary N) is 3. The predicted molar refractivity (Wildman–Crippen MR) is 68.7 cm³/mol. The summed E-state index contributed by atoms with van der Waals surface area (Å²) in [6.07, 6.45) is 2.96. The fourth-order valence-electron chi connectivity index (χ4n) is 1.99. The van der Waals surface area contributed by atoms with Crippen molar-refractivity contribution in [1.29, 1.82) is 0 Å². The van der Waals surface area contributed by atoms with Crippen molar-refractivity contribution in [2.24, 2.45) is 0 Å². The van der Waals surface area contributed by atoms with Crippen molar-refractivity contribution < 1.29 is 8.42 Å². The Hall–Kier alpha value is -0.920. The summed E-state index contributed by atoms with van der Waals surface area (Å²) in [6.45, 7) is 4.95. The lowest BCUT2D eigenvalue weighted by atomic mass is 9.94. The molecule has 7 heteroatoms. The van der Waals surface area contributed by atoms with Crippen LogP contribution in [0.3, 0.4) is 0 Å². The monoisotopic (exact) mass is 272 g/mol. The maximum absolute atomic E-state index is 12.3. The molecule has 0 aromatic carbocycles. The summed E-state index contributed by atoms with van der Waals surface area (Å²) in [5, 5.41) is 9.91. The average molecular weight is 272 g/mol. The Balaban J connectivity index is 2.21. The van der Waals surface area contributed by atoms with Gasteiger partial charge in [-0.15, -0.1) is 0 Å². The van der Waals surface area contributed by atoms with E-state index in [1.165, 1.54) is 0 Å². The van der Waals surface area contributed by atoms with Crippen LogP contribution in [0.5, 0.6) is 0 Å². The van der Waals surface area contributed by atoms with E-state index in [1.54, 1.807) is 6.92 Å². The molecule has 0 aliphatic heterocycles. The topological polar surface area (TPSA) is 86.9 Å². The third-order valence-corrected chi connectivity index (χ3v) is 4.92. The summed E-state index contributed by atoms with van der Waals surface area (Å²) in [7, 11) is -3.45. The molecule has 2 rings (SSSR count). The number of hydrogen-bond acceptors (Lipinski definition) is 4. The normalized spacial score (nSPS) is 16.8. The van der Waals surface area contributed by atoms with Crippen LogP contribution in [-0.4, -0.2) is 31.2 Å². The first-order valence-electron chi connectivity index (χ1n) is 6.31. The first-order valence-corrected chi connectivity index (χ1v) is 7.79. The second-order valence-electron chi connectivity index (χ2n) is 4.65. The average Bonchev–Trinajstić information content (AvgIpc) is 2.63. The van der Waals surface area contributed by atoms with Crippen LogP contribution in [0.25, 0.3) is 0 Å². The van der Waals surface area contributed by atoms with Crippen LogP contribution < -0.4 is 10.0 Å². The van der Waals surface area contributed by atoms with Crippen LogP contribution in [0.1, 0.15) is 37.6 Å². The van der Waals surface area contributed by atoms with E-state index in [0.717, 1.165) is 25.8 Å². The smallest absolute Gasteiger partial charge is 0.244 e. The number of nitrogens with zero attached hydrogens (tertiary/aromatic N) is 1. The highest BCUT2D eigenvalue weighted by atomic mass is 32.2. The van der Waals surface area contributed by atoms with E-state index in [-0.39, 0.29) is 6.04 Å². The maximum atomic E-state index is 12.3. The van der Waals surface area contributed by atoms with Gasteiger partial charge < -0.3 is 5.32 Å². The molecule has 1 heterocycles. The molecule has 0 amide bonds. The highest BCUT2D eigenvalue weighted by molar-refractivity contribution is 7.89. The van der Waals surface area contributed by atoms with Gasteiger partial charge in [-0.05, 0) is 26.3 Å². The molecule has 1 saturated carbocycles. The van der Waals surface area contributed by atoms with Crippen molar-refractivity contribution in [2.45, 2.75) is 50.6 Å². The molecule has 0 unspecified atom stereocenters. The molecule has 0 saturated heterocycles. The van der Waals surface area contributed by atoms with Gasteiger partial charge >= 0.3 is 0 Å². The standard InChI is InChI=1S/C11H20N4O2S/c1-3-12-7-10-11(8(2)13-14-10)18(16,17)15-9-5-4-6-9/h9,12,15H,3-7H2,1-2H3,(H,13,14). The van der Waals surface area contributed by atoms with Crippen molar-refractivity contribution in [3.8, 4) is 0 Å². The second-order valence-corrected chi connectivity index (χ2v) is 6.30. The Labute approximate surface area is 108 Å². The number of rotatable bonds is 6. The van der Waals surface area contributed by atoms with Gasteiger partial charge in [0.1, 0.15) is 4.90 Å². The molecule has 1 fully saturated rings. The van der Waals surface area contributed by atoms with Gasteiger partial charge in [-0.3, -0.25) is 5.10 Å². The number of aromatic nitrogens is 2. The van der Waals surface area contributed by atoms with Gasteiger partial charge in [0.05, 0.1) is 11.4 Å². The van der Waals surface area contributed by atoms with Crippen LogP contribution in [0.15, 0.2) is 4.90 Å². The van der Waals surface area contributed by atoms with Crippen LogP contribution >= 0.6 is 0 Å². The predicted octanol–water partition coefficient (Wildman–Crippen LogP) is 0.658.